The van der Waals surface area contributed by atoms with Crippen molar-refractivity contribution in [1.82, 2.24) is 9.55 Å². The quantitative estimate of drug-likeness (QED) is 0.782. The smallest absolute Gasteiger partial charge is 0.244 e. The topological polar surface area (TPSA) is 46.9 Å². The molecule has 0 aliphatic carbocycles. The average molecular weight is 321 g/mol. The number of anilines is 1. The van der Waals surface area contributed by atoms with Crippen LogP contribution in [0.3, 0.4) is 0 Å². The van der Waals surface area contributed by atoms with Crippen LogP contribution in [0, 0.1) is 6.92 Å². The summed E-state index contributed by atoms with van der Waals surface area (Å²) in [7, 11) is 0. The highest BCUT2D eigenvalue weighted by Crippen LogP contribution is 2.26. The van der Waals surface area contributed by atoms with Gasteiger partial charge in [-0.05, 0) is 30.7 Å². The fourth-order valence-electron chi connectivity index (χ4n) is 2.85. The first-order valence-electron chi connectivity index (χ1n) is 8.17. The SMILES string of the molecule is Cc1ccccc1NC(=O)Cn1c(C(C)(C)C)nc2ccccc21. The van der Waals surface area contributed by atoms with E-state index in [-0.39, 0.29) is 17.9 Å². The summed E-state index contributed by atoms with van der Waals surface area (Å²) in [6.45, 7) is 8.59. The van der Waals surface area contributed by atoms with Crippen LogP contribution in [-0.4, -0.2) is 15.5 Å². The highest BCUT2D eigenvalue weighted by molar-refractivity contribution is 5.92. The third-order valence-electron chi connectivity index (χ3n) is 4.05. The molecule has 0 atom stereocenters. The van der Waals surface area contributed by atoms with Gasteiger partial charge in [0.1, 0.15) is 12.4 Å². The second-order valence-corrected chi connectivity index (χ2v) is 7.12. The van der Waals surface area contributed by atoms with Crippen molar-refractivity contribution in [2.75, 3.05) is 5.32 Å². The highest BCUT2D eigenvalue weighted by atomic mass is 16.1. The summed E-state index contributed by atoms with van der Waals surface area (Å²) < 4.78 is 2.02. The lowest BCUT2D eigenvalue weighted by Gasteiger charge is -2.20. The van der Waals surface area contributed by atoms with Gasteiger partial charge in [0.05, 0.1) is 11.0 Å². The molecule has 0 saturated carbocycles. The number of para-hydroxylation sites is 3. The second-order valence-electron chi connectivity index (χ2n) is 7.12. The number of hydrogen-bond donors (Lipinski definition) is 1. The van der Waals surface area contributed by atoms with Gasteiger partial charge >= 0.3 is 0 Å². The maximum Gasteiger partial charge on any atom is 0.244 e. The number of fused-ring (bicyclic) bond motifs is 1. The number of imidazole rings is 1. The van der Waals surface area contributed by atoms with Gasteiger partial charge in [0, 0.05) is 11.1 Å². The van der Waals surface area contributed by atoms with Gasteiger partial charge < -0.3 is 9.88 Å². The minimum absolute atomic E-state index is 0.0436. The molecule has 3 rings (SSSR count). The number of benzene rings is 2. The van der Waals surface area contributed by atoms with E-state index >= 15 is 0 Å². The minimum Gasteiger partial charge on any atom is -0.324 e. The van der Waals surface area contributed by atoms with Gasteiger partial charge in [-0.2, -0.15) is 0 Å². The summed E-state index contributed by atoms with van der Waals surface area (Å²) in [6, 6.07) is 15.7. The Morgan fingerprint density at radius 3 is 2.46 bits per heavy atom. The molecule has 0 spiro atoms. The van der Waals surface area contributed by atoms with Crippen molar-refractivity contribution in [2.45, 2.75) is 39.7 Å². The Hall–Kier alpha value is -2.62. The van der Waals surface area contributed by atoms with Crippen LogP contribution >= 0.6 is 0 Å². The molecule has 0 bridgehead atoms. The van der Waals surface area contributed by atoms with E-state index < -0.39 is 0 Å². The van der Waals surface area contributed by atoms with Gasteiger partial charge in [-0.15, -0.1) is 0 Å². The zero-order valence-electron chi connectivity index (χ0n) is 14.6. The molecule has 4 heteroatoms. The molecule has 3 aromatic rings. The van der Waals surface area contributed by atoms with Crippen LogP contribution in [0.1, 0.15) is 32.2 Å². The lowest BCUT2D eigenvalue weighted by Crippen LogP contribution is -2.25. The van der Waals surface area contributed by atoms with Crippen molar-refractivity contribution < 1.29 is 4.79 Å². The Morgan fingerprint density at radius 2 is 1.75 bits per heavy atom. The third kappa shape index (κ3) is 3.18. The lowest BCUT2D eigenvalue weighted by molar-refractivity contribution is -0.116. The monoisotopic (exact) mass is 321 g/mol. The van der Waals surface area contributed by atoms with Crippen LogP contribution in [0.4, 0.5) is 5.69 Å². The van der Waals surface area contributed by atoms with Gasteiger partial charge in [-0.3, -0.25) is 4.79 Å². The van der Waals surface area contributed by atoms with E-state index in [4.69, 9.17) is 4.98 Å². The molecule has 0 radical (unpaired) electrons. The third-order valence-corrected chi connectivity index (χ3v) is 4.05. The molecule has 1 amide bonds. The second kappa shape index (κ2) is 6.11. The molecule has 0 saturated heterocycles. The Morgan fingerprint density at radius 1 is 1.08 bits per heavy atom. The standard InChI is InChI=1S/C20H23N3O/c1-14-9-5-6-10-15(14)21-18(24)13-23-17-12-8-7-11-16(17)22-19(23)20(2,3)4/h5-12H,13H2,1-4H3,(H,21,24). The first kappa shape index (κ1) is 16.2. The number of rotatable bonds is 3. The Balaban J connectivity index is 1.94. The van der Waals surface area contributed by atoms with Crippen LogP contribution in [0.5, 0.6) is 0 Å². The van der Waals surface area contributed by atoms with Crippen LogP contribution in [0.2, 0.25) is 0 Å². The van der Waals surface area contributed by atoms with Crippen molar-refractivity contribution in [1.29, 1.82) is 0 Å². The van der Waals surface area contributed by atoms with Gasteiger partial charge in [-0.25, -0.2) is 4.98 Å². The van der Waals surface area contributed by atoms with E-state index in [2.05, 4.69) is 26.1 Å². The van der Waals surface area contributed by atoms with E-state index in [1.54, 1.807) is 0 Å². The summed E-state index contributed by atoms with van der Waals surface area (Å²) in [4.78, 5) is 17.3. The largest absolute Gasteiger partial charge is 0.324 e. The maximum absolute atomic E-state index is 12.6. The minimum atomic E-state index is -0.137. The fraction of sp³-hybridized carbons (Fsp3) is 0.300. The first-order chi connectivity index (χ1) is 11.4. The number of aryl methyl sites for hydroxylation is 1. The summed E-state index contributed by atoms with van der Waals surface area (Å²) in [5.74, 6) is 0.876. The summed E-state index contributed by atoms with van der Waals surface area (Å²) in [6.07, 6.45) is 0. The van der Waals surface area contributed by atoms with Gasteiger partial charge in [0.25, 0.3) is 0 Å². The molecule has 1 aromatic heterocycles. The predicted octanol–water partition coefficient (Wildman–Crippen LogP) is 4.28. The number of aromatic nitrogens is 2. The van der Waals surface area contributed by atoms with Crippen LogP contribution in [0.15, 0.2) is 48.5 Å². The molecule has 0 aliphatic heterocycles. The van der Waals surface area contributed by atoms with Gasteiger partial charge in [-0.1, -0.05) is 51.1 Å². The molecule has 1 heterocycles. The Kier molecular flexibility index (Phi) is 4.14. The Bertz CT molecular complexity index is 887. The molecule has 0 fully saturated rings. The fourth-order valence-corrected chi connectivity index (χ4v) is 2.85. The normalized spacial score (nSPS) is 11.7. The maximum atomic E-state index is 12.6. The number of nitrogens with zero attached hydrogens (tertiary/aromatic N) is 2. The molecule has 0 aliphatic rings. The molecule has 124 valence electrons. The summed E-state index contributed by atoms with van der Waals surface area (Å²) >= 11 is 0. The predicted molar refractivity (Wildman–Crippen MR) is 98.2 cm³/mol. The van der Waals surface area contributed by atoms with Crippen molar-refractivity contribution in [3.05, 3.63) is 59.9 Å². The van der Waals surface area contributed by atoms with E-state index in [0.717, 1.165) is 28.1 Å². The van der Waals surface area contributed by atoms with Crippen molar-refractivity contribution in [3.8, 4) is 0 Å². The molecular formula is C20H23N3O. The van der Waals surface area contributed by atoms with Gasteiger partial charge in [0.2, 0.25) is 5.91 Å². The van der Waals surface area contributed by atoms with Crippen LogP contribution in [0.25, 0.3) is 11.0 Å². The number of nitrogens with one attached hydrogen (secondary N) is 1. The van der Waals surface area contributed by atoms with Crippen LogP contribution in [-0.2, 0) is 16.8 Å². The number of carbonyl (C=O) groups excluding carboxylic acids is 1. The van der Waals surface area contributed by atoms with Gasteiger partial charge in [0.15, 0.2) is 0 Å². The number of amides is 1. The molecular weight excluding hydrogens is 298 g/mol. The first-order valence-corrected chi connectivity index (χ1v) is 8.17. The van der Waals surface area contributed by atoms with E-state index in [0.29, 0.717) is 0 Å². The zero-order valence-corrected chi connectivity index (χ0v) is 14.6. The van der Waals surface area contributed by atoms with E-state index in [1.807, 2.05) is 60.0 Å². The molecule has 0 unspecified atom stereocenters. The zero-order chi connectivity index (χ0) is 17.3. The Labute approximate surface area is 142 Å². The summed E-state index contributed by atoms with van der Waals surface area (Å²) in [5, 5.41) is 3.00. The highest BCUT2D eigenvalue weighted by Gasteiger charge is 2.23. The molecule has 2 aromatic carbocycles. The lowest BCUT2D eigenvalue weighted by atomic mass is 9.95. The van der Waals surface area contributed by atoms with E-state index in [9.17, 15) is 4.79 Å². The van der Waals surface area contributed by atoms with E-state index in [1.165, 1.54) is 0 Å². The van der Waals surface area contributed by atoms with Crippen LogP contribution < -0.4 is 5.32 Å². The average Bonchev–Trinajstić information content (AvgIpc) is 2.89. The molecule has 24 heavy (non-hydrogen) atoms. The van der Waals surface area contributed by atoms with Crippen molar-refractivity contribution >= 4 is 22.6 Å². The van der Waals surface area contributed by atoms with Crippen molar-refractivity contribution in [3.63, 3.8) is 0 Å². The van der Waals surface area contributed by atoms with Crippen molar-refractivity contribution in [2.24, 2.45) is 0 Å². The molecule has 1 N–H and O–H groups in total. The number of carbonyl (C=O) groups is 1. The summed E-state index contributed by atoms with van der Waals surface area (Å²) in [5.41, 5.74) is 3.68. The molecule has 4 nitrogen and oxygen atoms in total. The number of hydrogen-bond acceptors (Lipinski definition) is 2.